The molecule has 0 amide bonds. The van der Waals surface area contributed by atoms with Crippen LogP contribution in [-0.2, 0) is 6.42 Å². The Balaban J connectivity index is 2.38. The summed E-state index contributed by atoms with van der Waals surface area (Å²) in [5.74, 6) is 1.02. The standard InChI is InChI=1S/C11H15NO/c1-2-13-11-5-3-4-8-9(11)6-7-10(8)12/h3-5,10H,2,6-7,12H2,1H3/t10-/m1/s1. The molecule has 0 radical (unpaired) electrons. The summed E-state index contributed by atoms with van der Waals surface area (Å²) < 4.78 is 5.54. The molecule has 1 atom stereocenters. The van der Waals surface area contributed by atoms with Crippen LogP contribution < -0.4 is 10.5 Å². The molecule has 2 rings (SSSR count). The van der Waals surface area contributed by atoms with Crippen LogP contribution in [0.3, 0.4) is 0 Å². The zero-order chi connectivity index (χ0) is 9.26. The Morgan fingerprint density at radius 1 is 1.54 bits per heavy atom. The van der Waals surface area contributed by atoms with Gasteiger partial charge in [-0.1, -0.05) is 12.1 Å². The average Bonchev–Trinajstić information content (AvgIpc) is 2.50. The molecule has 0 unspecified atom stereocenters. The Hall–Kier alpha value is -1.02. The molecule has 0 bridgehead atoms. The summed E-state index contributed by atoms with van der Waals surface area (Å²) >= 11 is 0. The van der Waals surface area contributed by atoms with Crippen molar-refractivity contribution in [2.75, 3.05) is 6.61 Å². The Morgan fingerprint density at radius 3 is 3.15 bits per heavy atom. The Kier molecular flexibility index (Phi) is 2.23. The SMILES string of the molecule is CCOc1cccc2c1CC[C@H]2N. The molecular formula is C11H15NO. The lowest BCUT2D eigenvalue weighted by Crippen LogP contribution is -2.05. The normalized spacial score (nSPS) is 20.0. The van der Waals surface area contributed by atoms with Gasteiger partial charge in [-0.15, -0.1) is 0 Å². The van der Waals surface area contributed by atoms with Gasteiger partial charge < -0.3 is 10.5 Å². The quantitative estimate of drug-likeness (QED) is 0.750. The lowest BCUT2D eigenvalue weighted by molar-refractivity contribution is 0.337. The summed E-state index contributed by atoms with van der Waals surface area (Å²) in [7, 11) is 0. The van der Waals surface area contributed by atoms with Gasteiger partial charge in [-0.2, -0.15) is 0 Å². The molecular weight excluding hydrogens is 162 g/mol. The first-order valence-corrected chi connectivity index (χ1v) is 4.83. The van der Waals surface area contributed by atoms with E-state index in [4.69, 9.17) is 10.5 Å². The van der Waals surface area contributed by atoms with Gasteiger partial charge in [0.05, 0.1) is 6.61 Å². The van der Waals surface area contributed by atoms with Crippen LogP contribution in [0.4, 0.5) is 0 Å². The zero-order valence-electron chi connectivity index (χ0n) is 7.92. The predicted octanol–water partition coefficient (Wildman–Crippen LogP) is 2.03. The number of hydrogen-bond donors (Lipinski definition) is 1. The third-order valence-electron chi connectivity index (χ3n) is 2.57. The van der Waals surface area contributed by atoms with Gasteiger partial charge in [-0.3, -0.25) is 0 Å². The van der Waals surface area contributed by atoms with Crippen molar-refractivity contribution < 1.29 is 4.74 Å². The smallest absolute Gasteiger partial charge is 0.122 e. The van der Waals surface area contributed by atoms with E-state index in [1.165, 1.54) is 11.1 Å². The van der Waals surface area contributed by atoms with Crippen molar-refractivity contribution in [2.45, 2.75) is 25.8 Å². The highest BCUT2D eigenvalue weighted by atomic mass is 16.5. The summed E-state index contributed by atoms with van der Waals surface area (Å²) in [5.41, 5.74) is 8.54. The van der Waals surface area contributed by atoms with Crippen LogP contribution in [0.25, 0.3) is 0 Å². The van der Waals surface area contributed by atoms with Crippen molar-refractivity contribution >= 4 is 0 Å². The maximum absolute atomic E-state index is 5.96. The molecule has 70 valence electrons. The van der Waals surface area contributed by atoms with Gasteiger partial charge in [0.25, 0.3) is 0 Å². The average molecular weight is 177 g/mol. The summed E-state index contributed by atoms with van der Waals surface area (Å²) in [6, 6.07) is 6.38. The van der Waals surface area contributed by atoms with Crippen LogP contribution in [-0.4, -0.2) is 6.61 Å². The highest BCUT2D eigenvalue weighted by Crippen LogP contribution is 2.35. The van der Waals surface area contributed by atoms with Crippen LogP contribution in [0.1, 0.15) is 30.5 Å². The van der Waals surface area contributed by atoms with Gasteiger partial charge in [0.2, 0.25) is 0 Å². The van der Waals surface area contributed by atoms with E-state index in [0.717, 1.165) is 25.2 Å². The topological polar surface area (TPSA) is 35.2 Å². The molecule has 2 N–H and O–H groups in total. The molecule has 0 heterocycles. The van der Waals surface area contributed by atoms with E-state index in [1.54, 1.807) is 0 Å². The molecule has 0 saturated heterocycles. The minimum atomic E-state index is 0.218. The van der Waals surface area contributed by atoms with Crippen LogP contribution in [0.2, 0.25) is 0 Å². The molecule has 2 nitrogen and oxygen atoms in total. The van der Waals surface area contributed by atoms with Crippen molar-refractivity contribution in [1.29, 1.82) is 0 Å². The molecule has 1 aliphatic rings. The molecule has 1 aromatic carbocycles. The molecule has 0 spiro atoms. The first-order valence-electron chi connectivity index (χ1n) is 4.83. The molecule has 0 aliphatic heterocycles. The molecule has 1 aliphatic carbocycles. The zero-order valence-corrected chi connectivity index (χ0v) is 7.92. The van der Waals surface area contributed by atoms with Gasteiger partial charge in [0.1, 0.15) is 5.75 Å². The van der Waals surface area contributed by atoms with E-state index in [9.17, 15) is 0 Å². The van der Waals surface area contributed by atoms with E-state index in [0.29, 0.717) is 0 Å². The van der Waals surface area contributed by atoms with Crippen LogP contribution in [0, 0.1) is 0 Å². The Bertz CT molecular complexity index is 309. The second-order valence-corrected chi connectivity index (χ2v) is 3.40. The second kappa shape index (κ2) is 3.38. The summed E-state index contributed by atoms with van der Waals surface area (Å²) in [6.45, 7) is 2.74. The van der Waals surface area contributed by atoms with Crippen molar-refractivity contribution in [1.82, 2.24) is 0 Å². The van der Waals surface area contributed by atoms with E-state index >= 15 is 0 Å². The fourth-order valence-electron chi connectivity index (χ4n) is 1.94. The molecule has 13 heavy (non-hydrogen) atoms. The van der Waals surface area contributed by atoms with Crippen molar-refractivity contribution in [3.8, 4) is 5.75 Å². The summed E-state index contributed by atoms with van der Waals surface area (Å²) in [6.07, 6.45) is 2.12. The molecule has 2 heteroatoms. The minimum Gasteiger partial charge on any atom is -0.494 e. The van der Waals surface area contributed by atoms with Gasteiger partial charge in [0.15, 0.2) is 0 Å². The van der Waals surface area contributed by atoms with Crippen LogP contribution in [0.5, 0.6) is 5.75 Å². The van der Waals surface area contributed by atoms with E-state index < -0.39 is 0 Å². The first kappa shape index (κ1) is 8.57. The highest BCUT2D eigenvalue weighted by Gasteiger charge is 2.21. The van der Waals surface area contributed by atoms with E-state index in [2.05, 4.69) is 6.07 Å². The number of ether oxygens (including phenoxy) is 1. The summed E-state index contributed by atoms with van der Waals surface area (Å²) in [5, 5.41) is 0. The number of hydrogen-bond acceptors (Lipinski definition) is 2. The van der Waals surface area contributed by atoms with Crippen molar-refractivity contribution in [3.63, 3.8) is 0 Å². The first-order chi connectivity index (χ1) is 6.33. The monoisotopic (exact) mass is 177 g/mol. The molecule has 0 fully saturated rings. The van der Waals surface area contributed by atoms with Crippen LogP contribution in [0.15, 0.2) is 18.2 Å². The maximum atomic E-state index is 5.96. The molecule has 0 saturated carbocycles. The molecule has 1 aromatic rings. The second-order valence-electron chi connectivity index (χ2n) is 3.40. The Morgan fingerprint density at radius 2 is 2.38 bits per heavy atom. The predicted molar refractivity (Wildman–Crippen MR) is 52.9 cm³/mol. The van der Waals surface area contributed by atoms with Gasteiger partial charge in [-0.05, 0) is 37.0 Å². The fourth-order valence-corrected chi connectivity index (χ4v) is 1.94. The van der Waals surface area contributed by atoms with Gasteiger partial charge >= 0.3 is 0 Å². The number of fused-ring (bicyclic) bond motifs is 1. The van der Waals surface area contributed by atoms with Gasteiger partial charge in [0, 0.05) is 6.04 Å². The summed E-state index contributed by atoms with van der Waals surface area (Å²) in [4.78, 5) is 0. The van der Waals surface area contributed by atoms with Crippen molar-refractivity contribution in [2.24, 2.45) is 5.73 Å². The van der Waals surface area contributed by atoms with Crippen LogP contribution >= 0.6 is 0 Å². The number of benzene rings is 1. The van der Waals surface area contributed by atoms with Crippen molar-refractivity contribution in [3.05, 3.63) is 29.3 Å². The van der Waals surface area contributed by atoms with Gasteiger partial charge in [-0.25, -0.2) is 0 Å². The third kappa shape index (κ3) is 1.42. The number of rotatable bonds is 2. The Labute approximate surface area is 78.7 Å². The number of nitrogens with two attached hydrogens (primary N) is 1. The molecule has 0 aromatic heterocycles. The fraction of sp³-hybridized carbons (Fsp3) is 0.455. The maximum Gasteiger partial charge on any atom is 0.122 e. The van der Waals surface area contributed by atoms with E-state index in [1.807, 2.05) is 19.1 Å². The van der Waals surface area contributed by atoms with E-state index in [-0.39, 0.29) is 6.04 Å². The third-order valence-corrected chi connectivity index (χ3v) is 2.57. The largest absolute Gasteiger partial charge is 0.494 e. The highest BCUT2D eigenvalue weighted by molar-refractivity contribution is 5.44. The minimum absolute atomic E-state index is 0.218. The lowest BCUT2D eigenvalue weighted by Gasteiger charge is -2.09. The lowest BCUT2D eigenvalue weighted by atomic mass is 10.1.